The van der Waals surface area contributed by atoms with Crippen molar-refractivity contribution in [2.75, 3.05) is 0 Å². The maximum Gasteiger partial charge on any atom is 0.135 e. The van der Waals surface area contributed by atoms with Crippen molar-refractivity contribution in [3.8, 4) is 56.0 Å². The minimum atomic E-state index is 0.903. The Labute approximate surface area is 260 Å². The van der Waals surface area contributed by atoms with Crippen molar-refractivity contribution < 1.29 is 4.74 Å². The summed E-state index contributed by atoms with van der Waals surface area (Å²) < 4.78 is 6.50. The van der Waals surface area contributed by atoms with Crippen LogP contribution in [0.4, 0.5) is 0 Å². The van der Waals surface area contributed by atoms with Crippen LogP contribution >= 0.6 is 0 Å². The second kappa shape index (κ2) is 9.29. The normalized spacial score (nSPS) is 12.2. The second-order valence-electron chi connectivity index (χ2n) is 12.1. The van der Waals surface area contributed by atoms with E-state index in [1.807, 2.05) is 0 Å². The SMILES string of the molecule is c1ccc(-c2ccc3c(c2)-c2cccc4c(-c5ccc(-c6ccc7ccc8cccc9ccc6c7c89)cc5)ccc(c24)O3)cc1. The van der Waals surface area contributed by atoms with Crippen LogP contribution in [0, 0.1) is 0 Å². The lowest BCUT2D eigenvalue weighted by molar-refractivity contribution is 0.487. The molecule has 0 N–H and O–H groups in total. The van der Waals surface area contributed by atoms with E-state index in [1.54, 1.807) is 0 Å². The van der Waals surface area contributed by atoms with Crippen LogP contribution in [0.25, 0.3) is 87.6 Å². The third-order valence-corrected chi connectivity index (χ3v) is 9.63. The summed E-state index contributed by atoms with van der Waals surface area (Å²) in [5, 5.41) is 10.3. The standard InChI is InChI=1S/C44H26O/c1-2-6-27(7-3-1)33-20-24-40-39(26-33)37-11-5-10-36-35(23-25-41(45-40)44(36)37)29-14-12-28(13-15-29)34-21-18-32-17-16-30-8-4-9-31-19-22-38(34)43(32)42(30)31/h1-26H. The molecule has 0 amide bonds. The fourth-order valence-corrected chi connectivity index (χ4v) is 7.51. The molecule has 0 aromatic heterocycles. The van der Waals surface area contributed by atoms with Crippen molar-refractivity contribution in [1.29, 1.82) is 0 Å². The minimum absolute atomic E-state index is 0.903. The molecule has 0 fully saturated rings. The van der Waals surface area contributed by atoms with Gasteiger partial charge >= 0.3 is 0 Å². The number of rotatable bonds is 3. The Morgan fingerprint density at radius 1 is 0.289 bits per heavy atom. The van der Waals surface area contributed by atoms with E-state index in [0.717, 1.165) is 17.1 Å². The van der Waals surface area contributed by atoms with Gasteiger partial charge in [0.05, 0.1) is 0 Å². The van der Waals surface area contributed by atoms with Gasteiger partial charge in [0.15, 0.2) is 0 Å². The molecule has 9 aromatic rings. The minimum Gasteiger partial charge on any atom is -0.456 e. The molecule has 1 nitrogen and oxygen atoms in total. The Morgan fingerprint density at radius 3 is 1.67 bits per heavy atom. The summed E-state index contributed by atoms with van der Waals surface area (Å²) >= 11 is 0. The molecule has 45 heavy (non-hydrogen) atoms. The van der Waals surface area contributed by atoms with Gasteiger partial charge in [0.1, 0.15) is 11.5 Å². The highest BCUT2D eigenvalue weighted by atomic mass is 16.5. The molecule has 0 saturated carbocycles. The van der Waals surface area contributed by atoms with E-state index < -0.39 is 0 Å². The number of benzene rings is 9. The van der Waals surface area contributed by atoms with Crippen LogP contribution in [-0.4, -0.2) is 0 Å². The molecule has 0 spiro atoms. The van der Waals surface area contributed by atoms with Crippen molar-refractivity contribution in [3.05, 3.63) is 158 Å². The van der Waals surface area contributed by atoms with Crippen LogP contribution in [0.2, 0.25) is 0 Å². The Kier molecular flexibility index (Phi) is 5.06. The average molecular weight is 571 g/mol. The fraction of sp³-hybridized carbons (Fsp3) is 0. The molecule has 0 saturated heterocycles. The Hall–Kier alpha value is -5.92. The zero-order valence-electron chi connectivity index (χ0n) is 24.4. The molecule has 1 heteroatoms. The molecule has 208 valence electrons. The molecule has 0 aliphatic carbocycles. The van der Waals surface area contributed by atoms with Crippen molar-refractivity contribution in [1.82, 2.24) is 0 Å². The van der Waals surface area contributed by atoms with E-state index in [4.69, 9.17) is 4.74 Å². The number of hydrogen-bond donors (Lipinski definition) is 0. The van der Waals surface area contributed by atoms with E-state index in [1.165, 1.54) is 82.0 Å². The third kappa shape index (κ3) is 3.62. The lowest BCUT2D eigenvalue weighted by atomic mass is 9.88. The monoisotopic (exact) mass is 570 g/mol. The first-order valence-corrected chi connectivity index (χ1v) is 15.5. The maximum atomic E-state index is 6.50. The molecule has 1 aliphatic rings. The van der Waals surface area contributed by atoms with Crippen LogP contribution in [0.3, 0.4) is 0 Å². The van der Waals surface area contributed by atoms with Crippen LogP contribution in [0.15, 0.2) is 158 Å². The van der Waals surface area contributed by atoms with Crippen molar-refractivity contribution in [2.45, 2.75) is 0 Å². The van der Waals surface area contributed by atoms with Crippen LogP contribution in [0.5, 0.6) is 11.5 Å². The first-order valence-electron chi connectivity index (χ1n) is 15.5. The molecule has 0 bridgehead atoms. The van der Waals surface area contributed by atoms with Gasteiger partial charge in [-0.15, -0.1) is 0 Å². The topological polar surface area (TPSA) is 9.23 Å². The van der Waals surface area contributed by atoms with Gasteiger partial charge in [-0.05, 0) is 94.8 Å². The van der Waals surface area contributed by atoms with E-state index >= 15 is 0 Å². The summed E-state index contributed by atoms with van der Waals surface area (Å²) in [6.07, 6.45) is 0. The van der Waals surface area contributed by atoms with Crippen LogP contribution < -0.4 is 4.74 Å². The molecular weight excluding hydrogens is 544 g/mol. The van der Waals surface area contributed by atoms with Crippen LogP contribution in [-0.2, 0) is 0 Å². The van der Waals surface area contributed by atoms with Gasteiger partial charge in [-0.2, -0.15) is 0 Å². The summed E-state index contributed by atoms with van der Waals surface area (Å²) in [5.74, 6) is 1.81. The van der Waals surface area contributed by atoms with Gasteiger partial charge in [-0.1, -0.05) is 140 Å². The van der Waals surface area contributed by atoms with E-state index in [9.17, 15) is 0 Å². The summed E-state index contributed by atoms with van der Waals surface area (Å²) in [7, 11) is 0. The first kappa shape index (κ1) is 24.5. The lowest BCUT2D eigenvalue weighted by Gasteiger charge is -2.23. The molecule has 0 radical (unpaired) electrons. The van der Waals surface area contributed by atoms with Gasteiger partial charge in [0, 0.05) is 10.9 Å². The van der Waals surface area contributed by atoms with E-state index in [0.29, 0.717) is 0 Å². The van der Waals surface area contributed by atoms with Gasteiger partial charge in [-0.3, -0.25) is 0 Å². The molecular formula is C44H26O. The van der Waals surface area contributed by atoms with Gasteiger partial charge in [-0.25, -0.2) is 0 Å². The molecule has 1 heterocycles. The summed E-state index contributed by atoms with van der Waals surface area (Å²) in [6, 6.07) is 57.3. The predicted octanol–water partition coefficient (Wildman–Crippen LogP) is 12.5. The lowest BCUT2D eigenvalue weighted by Crippen LogP contribution is -1.98. The van der Waals surface area contributed by atoms with Gasteiger partial charge in [0.25, 0.3) is 0 Å². The Morgan fingerprint density at radius 2 is 0.889 bits per heavy atom. The largest absolute Gasteiger partial charge is 0.456 e. The van der Waals surface area contributed by atoms with Crippen LogP contribution in [0.1, 0.15) is 0 Å². The highest BCUT2D eigenvalue weighted by Crippen LogP contribution is 2.49. The maximum absolute atomic E-state index is 6.50. The average Bonchev–Trinajstić information content (AvgIpc) is 3.11. The zero-order valence-corrected chi connectivity index (χ0v) is 24.4. The summed E-state index contributed by atoms with van der Waals surface area (Å²) in [6.45, 7) is 0. The summed E-state index contributed by atoms with van der Waals surface area (Å²) in [5.41, 5.74) is 9.65. The number of fused-ring (bicyclic) bond motifs is 2. The molecule has 0 atom stereocenters. The second-order valence-corrected chi connectivity index (χ2v) is 12.1. The Bertz CT molecular complexity index is 2580. The fourth-order valence-electron chi connectivity index (χ4n) is 7.51. The van der Waals surface area contributed by atoms with Crippen molar-refractivity contribution in [2.24, 2.45) is 0 Å². The molecule has 1 aliphatic heterocycles. The van der Waals surface area contributed by atoms with Crippen molar-refractivity contribution in [3.63, 3.8) is 0 Å². The molecule has 9 aromatic carbocycles. The van der Waals surface area contributed by atoms with E-state index in [-0.39, 0.29) is 0 Å². The summed E-state index contributed by atoms with van der Waals surface area (Å²) in [4.78, 5) is 0. The number of ether oxygens (including phenoxy) is 1. The van der Waals surface area contributed by atoms with Crippen molar-refractivity contribution >= 4 is 43.1 Å². The van der Waals surface area contributed by atoms with Gasteiger partial charge < -0.3 is 4.74 Å². The Balaban J connectivity index is 1.09. The highest BCUT2D eigenvalue weighted by Gasteiger charge is 2.22. The number of hydrogen-bond acceptors (Lipinski definition) is 1. The molecule has 10 rings (SSSR count). The third-order valence-electron chi connectivity index (χ3n) is 9.63. The zero-order chi connectivity index (χ0) is 29.5. The first-order chi connectivity index (χ1) is 22.3. The smallest absolute Gasteiger partial charge is 0.135 e. The quantitative estimate of drug-likeness (QED) is 0.192. The molecule has 0 unspecified atom stereocenters. The predicted molar refractivity (Wildman–Crippen MR) is 189 cm³/mol. The van der Waals surface area contributed by atoms with Gasteiger partial charge in [0.2, 0.25) is 0 Å². The van der Waals surface area contributed by atoms with E-state index in [2.05, 4.69) is 158 Å². The highest BCUT2D eigenvalue weighted by molar-refractivity contribution is 6.25.